The van der Waals surface area contributed by atoms with Crippen LogP contribution in [-0.2, 0) is 10.8 Å². The first kappa shape index (κ1) is 33.3. The summed E-state index contributed by atoms with van der Waals surface area (Å²) in [6, 6.07) is 32.4. The van der Waals surface area contributed by atoms with E-state index in [9.17, 15) is 5.11 Å². The molecule has 4 aromatic carbocycles. The number of fused-ring (bicyclic) bond motifs is 3. The van der Waals surface area contributed by atoms with Crippen molar-refractivity contribution >= 4 is 21.8 Å². The molecule has 0 bridgehead atoms. The summed E-state index contributed by atoms with van der Waals surface area (Å²) in [5.74, 6) is 1.15. The highest BCUT2D eigenvalue weighted by molar-refractivity contribution is 6.11. The third kappa shape index (κ3) is 5.77. The lowest BCUT2D eigenvalue weighted by atomic mass is 9.80. The minimum atomic E-state index is -0.180. The van der Waals surface area contributed by atoms with E-state index < -0.39 is 0 Å². The molecule has 0 aliphatic heterocycles. The highest BCUT2D eigenvalue weighted by atomic mass is 16.3. The first-order valence-corrected chi connectivity index (χ1v) is 17.6. The molecule has 0 aliphatic carbocycles. The third-order valence-corrected chi connectivity index (χ3v) is 10.0. The molecule has 7 rings (SSSR count). The van der Waals surface area contributed by atoms with Gasteiger partial charge in [0, 0.05) is 22.5 Å². The van der Waals surface area contributed by atoms with E-state index in [1.807, 2.05) is 49.5 Å². The van der Waals surface area contributed by atoms with Crippen LogP contribution in [0.4, 0.5) is 0 Å². The standard InChI is InChI=1S/C46H47N3O/c1-27-20-29(3)43(30(4)21-27)31-22-39(38-16-11-12-19-47-38)48-42(23-31)49-40-18-17-32(45(5,6)7)24-35(40)36-25-37(46(8,9)10)34(26-41(36)49)33-15-13-14-28(2)44(33)50/h11-26,50H,1-10H3. The molecular weight excluding hydrogens is 611 g/mol. The van der Waals surface area contributed by atoms with Crippen LogP contribution in [0.1, 0.15) is 74.9 Å². The molecule has 4 nitrogen and oxygen atoms in total. The van der Waals surface area contributed by atoms with Crippen molar-refractivity contribution in [3.8, 4) is 45.2 Å². The van der Waals surface area contributed by atoms with Crippen molar-refractivity contribution in [2.75, 3.05) is 0 Å². The van der Waals surface area contributed by atoms with Gasteiger partial charge in [0.05, 0.1) is 22.4 Å². The second kappa shape index (κ2) is 12.0. The van der Waals surface area contributed by atoms with Gasteiger partial charge in [0.15, 0.2) is 0 Å². The maximum absolute atomic E-state index is 11.4. The van der Waals surface area contributed by atoms with Gasteiger partial charge < -0.3 is 5.11 Å². The number of hydrogen-bond acceptors (Lipinski definition) is 3. The van der Waals surface area contributed by atoms with Crippen molar-refractivity contribution in [1.29, 1.82) is 0 Å². The average molecular weight is 658 g/mol. The molecule has 0 radical (unpaired) electrons. The molecule has 0 spiro atoms. The Morgan fingerprint density at radius 2 is 1.32 bits per heavy atom. The Bertz CT molecular complexity index is 2410. The highest BCUT2D eigenvalue weighted by Gasteiger charge is 2.26. The maximum atomic E-state index is 11.4. The smallest absolute Gasteiger partial charge is 0.138 e. The van der Waals surface area contributed by atoms with E-state index in [-0.39, 0.29) is 10.8 Å². The summed E-state index contributed by atoms with van der Waals surface area (Å²) in [7, 11) is 0. The summed E-state index contributed by atoms with van der Waals surface area (Å²) in [6.45, 7) is 22.1. The number of phenols is 1. The second-order valence-electron chi connectivity index (χ2n) is 16.0. The molecule has 0 unspecified atom stereocenters. The molecule has 7 aromatic rings. The summed E-state index contributed by atoms with van der Waals surface area (Å²) < 4.78 is 2.31. The topological polar surface area (TPSA) is 50.9 Å². The van der Waals surface area contributed by atoms with Crippen molar-refractivity contribution in [1.82, 2.24) is 14.5 Å². The van der Waals surface area contributed by atoms with Gasteiger partial charge in [-0.05, 0) is 132 Å². The first-order chi connectivity index (χ1) is 23.6. The molecule has 3 heterocycles. The van der Waals surface area contributed by atoms with Crippen LogP contribution < -0.4 is 0 Å². The number of hydrogen-bond donors (Lipinski definition) is 1. The van der Waals surface area contributed by atoms with Gasteiger partial charge in [0.2, 0.25) is 0 Å². The van der Waals surface area contributed by atoms with E-state index >= 15 is 0 Å². The van der Waals surface area contributed by atoms with Crippen molar-refractivity contribution in [2.45, 2.75) is 80.1 Å². The molecule has 50 heavy (non-hydrogen) atoms. The van der Waals surface area contributed by atoms with Crippen molar-refractivity contribution in [3.63, 3.8) is 0 Å². The molecule has 252 valence electrons. The Labute approximate surface area is 296 Å². The van der Waals surface area contributed by atoms with Gasteiger partial charge in [-0.25, -0.2) is 4.98 Å². The Morgan fingerprint density at radius 1 is 0.600 bits per heavy atom. The van der Waals surface area contributed by atoms with Gasteiger partial charge in [0.25, 0.3) is 0 Å². The molecule has 0 saturated heterocycles. The summed E-state index contributed by atoms with van der Waals surface area (Å²) in [5, 5.41) is 13.8. The minimum absolute atomic E-state index is 0.0203. The number of aromatic nitrogens is 3. The molecular formula is C46H47N3O. The van der Waals surface area contributed by atoms with E-state index in [0.29, 0.717) is 5.75 Å². The predicted octanol–water partition coefficient (Wildman–Crippen LogP) is 12.1. The Balaban J connectivity index is 1.65. The molecule has 0 saturated carbocycles. The lowest BCUT2D eigenvalue weighted by Crippen LogP contribution is -2.13. The Kier molecular flexibility index (Phi) is 7.98. The van der Waals surface area contributed by atoms with Gasteiger partial charge in [0.1, 0.15) is 11.6 Å². The predicted molar refractivity (Wildman–Crippen MR) is 211 cm³/mol. The summed E-state index contributed by atoms with van der Waals surface area (Å²) in [5.41, 5.74) is 14.8. The summed E-state index contributed by atoms with van der Waals surface area (Å²) in [4.78, 5) is 10.1. The largest absolute Gasteiger partial charge is 0.507 e. The fraction of sp³-hybridized carbons (Fsp3) is 0.261. The van der Waals surface area contributed by atoms with E-state index in [4.69, 9.17) is 9.97 Å². The monoisotopic (exact) mass is 657 g/mol. The third-order valence-electron chi connectivity index (χ3n) is 10.0. The van der Waals surface area contributed by atoms with Gasteiger partial charge in [-0.2, -0.15) is 0 Å². The molecule has 0 atom stereocenters. The van der Waals surface area contributed by atoms with Crippen LogP contribution in [0.25, 0.3) is 61.3 Å². The molecule has 0 aliphatic rings. The van der Waals surface area contributed by atoms with Gasteiger partial charge in [-0.3, -0.25) is 9.55 Å². The zero-order valence-corrected chi connectivity index (χ0v) is 31.0. The van der Waals surface area contributed by atoms with Crippen LogP contribution >= 0.6 is 0 Å². The van der Waals surface area contributed by atoms with Crippen LogP contribution in [0.5, 0.6) is 5.75 Å². The van der Waals surface area contributed by atoms with Crippen LogP contribution in [0.2, 0.25) is 0 Å². The molecule has 1 N–H and O–H groups in total. The fourth-order valence-corrected chi connectivity index (χ4v) is 7.55. The number of nitrogens with zero attached hydrogens (tertiary/aromatic N) is 3. The second-order valence-corrected chi connectivity index (χ2v) is 16.0. The highest BCUT2D eigenvalue weighted by Crippen LogP contribution is 2.45. The number of aromatic hydroxyl groups is 1. The van der Waals surface area contributed by atoms with Crippen LogP contribution in [0, 0.1) is 27.7 Å². The Morgan fingerprint density at radius 3 is 1.98 bits per heavy atom. The zero-order valence-electron chi connectivity index (χ0n) is 31.0. The number of phenolic OH excluding ortho intramolecular Hbond substituents is 1. The lowest BCUT2D eigenvalue weighted by molar-refractivity contribution is 0.473. The maximum Gasteiger partial charge on any atom is 0.138 e. The van der Waals surface area contributed by atoms with E-state index in [1.165, 1.54) is 44.2 Å². The Hall–Kier alpha value is -5.22. The minimum Gasteiger partial charge on any atom is -0.507 e. The van der Waals surface area contributed by atoms with Crippen molar-refractivity contribution in [3.05, 3.63) is 131 Å². The van der Waals surface area contributed by atoms with E-state index in [1.54, 1.807) is 0 Å². The van der Waals surface area contributed by atoms with Gasteiger partial charge in [-0.1, -0.05) is 89.6 Å². The van der Waals surface area contributed by atoms with Crippen molar-refractivity contribution < 1.29 is 5.11 Å². The number of para-hydroxylation sites is 1. The van der Waals surface area contributed by atoms with Crippen LogP contribution in [0.3, 0.4) is 0 Å². The molecule has 0 amide bonds. The van der Waals surface area contributed by atoms with Gasteiger partial charge >= 0.3 is 0 Å². The average Bonchev–Trinajstić information content (AvgIpc) is 3.37. The molecule has 4 heteroatoms. The number of benzene rings is 4. The SMILES string of the molecule is Cc1cc(C)c(-c2cc(-c3ccccn3)nc(-n3c4ccc(C(C)(C)C)cc4c4cc(C(C)(C)C)c(-c5cccc(C)c5O)cc43)c2)c(C)c1. The number of aryl methyl sites for hydroxylation is 4. The van der Waals surface area contributed by atoms with Crippen LogP contribution in [0.15, 0.2) is 97.2 Å². The summed E-state index contributed by atoms with van der Waals surface area (Å²) in [6.07, 6.45) is 1.83. The van der Waals surface area contributed by atoms with Gasteiger partial charge in [-0.15, -0.1) is 0 Å². The summed E-state index contributed by atoms with van der Waals surface area (Å²) >= 11 is 0. The number of rotatable bonds is 4. The quantitative estimate of drug-likeness (QED) is 0.205. The number of pyridine rings is 2. The molecule has 3 aromatic heterocycles. The zero-order chi connectivity index (χ0) is 35.7. The normalized spacial score (nSPS) is 12.3. The lowest BCUT2D eigenvalue weighted by Gasteiger charge is -2.24. The van der Waals surface area contributed by atoms with E-state index in [2.05, 4.69) is 121 Å². The van der Waals surface area contributed by atoms with Crippen molar-refractivity contribution in [2.24, 2.45) is 0 Å². The van der Waals surface area contributed by atoms with Crippen LogP contribution in [-0.4, -0.2) is 19.6 Å². The fourth-order valence-electron chi connectivity index (χ4n) is 7.55. The van der Waals surface area contributed by atoms with E-state index in [0.717, 1.165) is 50.5 Å². The first-order valence-electron chi connectivity index (χ1n) is 17.6. The molecule has 0 fully saturated rings.